The van der Waals surface area contributed by atoms with Crippen molar-refractivity contribution in [1.82, 2.24) is 0 Å². The minimum atomic E-state index is -1.92. The highest BCUT2D eigenvalue weighted by Crippen LogP contribution is 2.76. The van der Waals surface area contributed by atoms with E-state index < -0.39 is 232 Å². The predicted octanol–water partition coefficient (Wildman–Crippen LogP) is -3.25. The smallest absolute Gasteiger partial charge is 0.333 e. The van der Waals surface area contributed by atoms with Crippen LogP contribution in [0.5, 0.6) is 0 Å². The zero-order valence-electron chi connectivity index (χ0n) is 55.2. The summed E-state index contributed by atoms with van der Waals surface area (Å²) in [4.78, 5) is 13.3. The standard InChI is InChI=1S/C65H106O29/c1-11-26(2)54(83)93-50-41(72)33(24-85-56-47(78)44(75)39(70)31(22-67)89-56)90-58(49(50)80)92-36-15-16-62(8)34(61(36,6)7)14-17-64(10)35(62)13-12-28-29-20-60(4,5)52(81)53(82)65(29,19-18-63(28,64)9)25-86-59-51(94-57-48(79)42(73)37(68)27(3)87-57)45(76)40(71)32(91-59)23-84-55-46(77)43(74)38(69)30(21-66)88-55/h11-12,27,29-53,55-59,66-82H,13-25H2,1-10H3/b26-11+/t27-,29?,30+,31+,32+,33+,34?,35?,36-,37-,38+,39+,40+,41+,42+,43-,44-,45-,46+,47+,48+,49+,50-,51+,52-,53-,55+,56+,57-,58-,59+,62-,63+,64+,65-/m0/s1. The van der Waals surface area contributed by atoms with Crippen LogP contribution < -0.4 is 0 Å². The third kappa shape index (κ3) is 12.8. The Morgan fingerprint density at radius 1 is 0.543 bits per heavy atom. The van der Waals surface area contributed by atoms with Gasteiger partial charge in [-0.05, 0) is 117 Å². The lowest BCUT2D eigenvalue weighted by molar-refractivity contribution is -0.374. The topological polar surface area (TPSA) is 463 Å². The molecule has 10 rings (SSSR count). The van der Waals surface area contributed by atoms with E-state index in [0.29, 0.717) is 38.5 Å². The van der Waals surface area contributed by atoms with Gasteiger partial charge < -0.3 is 139 Å². The van der Waals surface area contributed by atoms with Crippen LogP contribution in [0, 0.1) is 50.2 Å². The van der Waals surface area contributed by atoms with Gasteiger partial charge in [0.25, 0.3) is 0 Å². The molecule has 5 heterocycles. The molecule has 0 aromatic carbocycles. The second kappa shape index (κ2) is 28.0. The number of aliphatic hydroxyl groups excluding tert-OH is 17. The number of hydrogen-bond donors (Lipinski definition) is 17. The van der Waals surface area contributed by atoms with Crippen molar-refractivity contribution in [3.8, 4) is 0 Å². The van der Waals surface area contributed by atoms with E-state index in [-0.39, 0.29) is 34.8 Å². The Morgan fingerprint density at radius 2 is 1.07 bits per heavy atom. The molecule has 10 aliphatic rings. The van der Waals surface area contributed by atoms with Crippen molar-refractivity contribution in [2.75, 3.05) is 33.0 Å². The van der Waals surface area contributed by atoms with Crippen molar-refractivity contribution < 1.29 is 144 Å². The van der Waals surface area contributed by atoms with E-state index in [1.54, 1.807) is 6.92 Å². The molecule has 0 radical (unpaired) electrons. The Labute approximate surface area is 547 Å². The lowest BCUT2D eigenvalue weighted by atomic mass is 9.33. The molecule has 0 aromatic rings. The number of esters is 1. The molecule has 29 heteroatoms. The number of aliphatic hydroxyl groups is 17. The highest BCUT2D eigenvalue weighted by molar-refractivity contribution is 5.87. The predicted molar refractivity (Wildman–Crippen MR) is 320 cm³/mol. The highest BCUT2D eigenvalue weighted by Gasteiger charge is 2.71. The van der Waals surface area contributed by atoms with Gasteiger partial charge in [-0.1, -0.05) is 66.2 Å². The van der Waals surface area contributed by atoms with E-state index in [4.69, 9.17) is 52.1 Å². The van der Waals surface area contributed by atoms with Crippen molar-refractivity contribution in [2.45, 2.75) is 292 Å². The summed E-state index contributed by atoms with van der Waals surface area (Å²) in [7, 11) is 0. The van der Waals surface area contributed by atoms with Crippen LogP contribution in [0.2, 0.25) is 0 Å². The summed E-state index contributed by atoms with van der Waals surface area (Å²) in [5.74, 6) is -1.11. The summed E-state index contributed by atoms with van der Waals surface area (Å²) in [6, 6.07) is 0. The number of carbonyl (C=O) groups excluding carboxylic acids is 1. The molecule has 94 heavy (non-hydrogen) atoms. The van der Waals surface area contributed by atoms with Crippen LogP contribution in [0.4, 0.5) is 0 Å². The van der Waals surface area contributed by atoms with Gasteiger partial charge in [0.05, 0.1) is 57.5 Å². The van der Waals surface area contributed by atoms with Crippen LogP contribution in [0.3, 0.4) is 0 Å². The lowest BCUT2D eigenvalue weighted by Gasteiger charge is -2.72. The average molecular weight is 1350 g/mol. The largest absolute Gasteiger partial charge is 0.453 e. The molecule has 0 bridgehead atoms. The van der Waals surface area contributed by atoms with Crippen LogP contribution in [0.15, 0.2) is 23.3 Å². The fourth-order valence-electron chi connectivity index (χ4n) is 18.4. The summed E-state index contributed by atoms with van der Waals surface area (Å²) in [5, 5.41) is 187. The van der Waals surface area contributed by atoms with E-state index in [9.17, 15) is 91.6 Å². The summed E-state index contributed by atoms with van der Waals surface area (Å²) in [6.45, 7) is 16.7. The Hall–Kier alpha value is -2.13. The maximum Gasteiger partial charge on any atom is 0.333 e. The van der Waals surface area contributed by atoms with Gasteiger partial charge >= 0.3 is 5.97 Å². The Balaban J connectivity index is 0.900. The third-order valence-electron chi connectivity index (χ3n) is 24.8. The van der Waals surface area contributed by atoms with Gasteiger partial charge in [-0.2, -0.15) is 0 Å². The molecule has 5 aliphatic carbocycles. The molecule has 0 spiro atoms. The number of rotatable bonds is 17. The SMILES string of the molecule is C/C=C(\C)C(=O)O[C@@H]1[C@@H](O)[C@H](O[C@H]2CC[C@@]3(C)C(CC[C@]4(C)C3CC=C3C5CC(C)(C)[C@@H](O)[C@H](O)[C@]5(CO[C@@H]5O[C@H](CO[C@@H]6O[C@H](CO)[C@@H](O)[C@H](O)[C@H]6O)[C@@H](O)[C@H](O)[C@H]5O[C@@H]5O[C@@H](C)[C@H](O)[C@@H](O)[C@H]5O)CC[C@]34C)C2(C)C)O[C@H](CO[C@@H]2O[C@H](CO)[C@@H](O)[C@H](O)[C@H]2O)[C@H]1O. The molecule has 35 atom stereocenters. The number of fused-ring (bicyclic) bond motifs is 7. The number of carbonyl (C=O) groups is 1. The summed E-state index contributed by atoms with van der Waals surface area (Å²) < 4.78 is 66.6. The molecular formula is C65H106O29. The Bertz CT molecular complexity index is 2660. The van der Waals surface area contributed by atoms with Crippen LogP contribution in [0.1, 0.15) is 121 Å². The quantitative estimate of drug-likeness (QED) is 0.0294. The first-order valence-corrected chi connectivity index (χ1v) is 33.4. The van der Waals surface area contributed by atoms with Gasteiger partial charge in [0.2, 0.25) is 0 Å². The zero-order valence-corrected chi connectivity index (χ0v) is 55.2. The number of hydrogen-bond acceptors (Lipinski definition) is 29. The van der Waals surface area contributed by atoms with Crippen molar-refractivity contribution in [1.29, 1.82) is 0 Å². The molecule has 0 amide bonds. The first-order chi connectivity index (χ1) is 44.0. The van der Waals surface area contributed by atoms with Crippen LogP contribution in [-0.2, 0) is 56.9 Å². The van der Waals surface area contributed by atoms with Crippen molar-refractivity contribution in [3.63, 3.8) is 0 Å². The second-order valence-corrected chi connectivity index (χ2v) is 30.7. The molecular weight excluding hydrogens is 1240 g/mol. The fourth-order valence-corrected chi connectivity index (χ4v) is 18.4. The number of allylic oxidation sites excluding steroid dienone is 3. The van der Waals surface area contributed by atoms with Gasteiger partial charge in [0, 0.05) is 11.0 Å². The van der Waals surface area contributed by atoms with E-state index >= 15 is 0 Å². The normalized spacial score (nSPS) is 52.7. The monoisotopic (exact) mass is 1350 g/mol. The molecule has 29 nitrogen and oxygen atoms in total. The lowest BCUT2D eigenvalue weighted by Crippen LogP contribution is -2.69. The van der Waals surface area contributed by atoms with Crippen molar-refractivity contribution in [3.05, 3.63) is 23.3 Å². The first-order valence-electron chi connectivity index (χ1n) is 33.4. The van der Waals surface area contributed by atoms with Gasteiger partial charge in [0.15, 0.2) is 37.6 Å². The fraction of sp³-hybridized carbons (Fsp3) is 0.923. The first kappa shape index (κ1) is 74.6. The molecule has 9 fully saturated rings. The third-order valence-corrected chi connectivity index (χ3v) is 24.8. The Kier molecular flexibility index (Phi) is 22.2. The van der Waals surface area contributed by atoms with Crippen LogP contribution in [-0.4, -0.2) is 298 Å². The second-order valence-electron chi connectivity index (χ2n) is 30.7. The van der Waals surface area contributed by atoms with E-state index in [0.717, 1.165) is 18.4 Å². The Morgan fingerprint density at radius 3 is 1.66 bits per heavy atom. The van der Waals surface area contributed by atoms with E-state index in [1.165, 1.54) is 19.9 Å². The van der Waals surface area contributed by atoms with E-state index in [1.807, 2.05) is 13.8 Å². The zero-order chi connectivity index (χ0) is 69.0. The van der Waals surface area contributed by atoms with Gasteiger partial charge in [-0.3, -0.25) is 0 Å². The molecule has 540 valence electrons. The number of ether oxygens (including phenoxy) is 11. The summed E-state index contributed by atoms with van der Waals surface area (Å²) >= 11 is 0. The average Bonchev–Trinajstić information content (AvgIpc) is 0.674. The van der Waals surface area contributed by atoms with E-state index in [2.05, 4.69) is 40.7 Å². The van der Waals surface area contributed by atoms with Gasteiger partial charge in [-0.25, -0.2) is 4.79 Å². The van der Waals surface area contributed by atoms with Crippen LogP contribution in [0.25, 0.3) is 0 Å². The van der Waals surface area contributed by atoms with Gasteiger partial charge in [-0.15, -0.1) is 0 Å². The molecule has 5 saturated heterocycles. The molecule has 17 N–H and O–H groups in total. The minimum absolute atomic E-state index is 0.0299. The molecule has 5 aliphatic heterocycles. The van der Waals surface area contributed by atoms with Gasteiger partial charge in [0.1, 0.15) is 110 Å². The molecule has 3 unspecified atom stereocenters. The molecule has 4 saturated carbocycles. The minimum Gasteiger partial charge on any atom is -0.453 e. The summed E-state index contributed by atoms with van der Waals surface area (Å²) in [5.41, 5.74) is -2.50. The maximum absolute atomic E-state index is 13.3. The highest BCUT2D eigenvalue weighted by atomic mass is 16.8. The van der Waals surface area contributed by atoms with Crippen molar-refractivity contribution >= 4 is 5.97 Å². The van der Waals surface area contributed by atoms with Crippen LogP contribution >= 0.6 is 0 Å². The molecule has 0 aromatic heterocycles. The summed E-state index contributed by atoms with van der Waals surface area (Å²) in [6.07, 6.45) is -35.6. The maximum atomic E-state index is 13.3. The van der Waals surface area contributed by atoms with Crippen molar-refractivity contribution in [2.24, 2.45) is 50.2 Å².